The van der Waals surface area contributed by atoms with E-state index in [2.05, 4.69) is 30.1 Å². The summed E-state index contributed by atoms with van der Waals surface area (Å²) in [7, 11) is 0. The summed E-state index contributed by atoms with van der Waals surface area (Å²) in [5.41, 5.74) is 1.23. The summed E-state index contributed by atoms with van der Waals surface area (Å²) in [5.74, 6) is 1.21. The highest BCUT2D eigenvalue weighted by molar-refractivity contribution is 7.99. The van der Waals surface area contributed by atoms with Crippen LogP contribution in [0.4, 0.5) is 0 Å². The van der Waals surface area contributed by atoms with Crippen LogP contribution in [-0.2, 0) is 0 Å². The van der Waals surface area contributed by atoms with Gasteiger partial charge in [-0.25, -0.2) is 0 Å². The Bertz CT molecular complexity index is 542. The molecule has 1 aromatic rings. The number of hydrogen-bond donors (Lipinski definition) is 1. The third-order valence-electron chi connectivity index (χ3n) is 4.81. The number of amides is 1. The van der Waals surface area contributed by atoms with Gasteiger partial charge in [-0.05, 0) is 49.1 Å². The minimum absolute atomic E-state index is 0. The van der Waals surface area contributed by atoms with Gasteiger partial charge in [0.15, 0.2) is 0 Å². The van der Waals surface area contributed by atoms with E-state index in [1.54, 1.807) is 11.8 Å². The van der Waals surface area contributed by atoms with Crippen molar-refractivity contribution in [2.24, 2.45) is 5.41 Å². The van der Waals surface area contributed by atoms with Crippen LogP contribution in [0, 0.1) is 5.41 Å². The molecule has 23 heavy (non-hydrogen) atoms. The molecule has 128 valence electrons. The van der Waals surface area contributed by atoms with E-state index in [0.29, 0.717) is 11.5 Å². The largest absolute Gasteiger partial charge is 0.334 e. The van der Waals surface area contributed by atoms with E-state index in [4.69, 9.17) is 0 Å². The minimum Gasteiger partial charge on any atom is -0.334 e. The average Bonchev–Trinajstić information content (AvgIpc) is 3.03. The van der Waals surface area contributed by atoms with E-state index in [9.17, 15) is 4.79 Å². The van der Waals surface area contributed by atoms with Crippen LogP contribution in [0.25, 0.3) is 0 Å². The molecule has 2 aliphatic rings. The van der Waals surface area contributed by atoms with Crippen molar-refractivity contribution < 1.29 is 4.79 Å². The van der Waals surface area contributed by atoms with Gasteiger partial charge in [0.05, 0.1) is 5.56 Å². The number of nitrogens with one attached hydrogen (secondary N) is 1. The fourth-order valence-electron chi connectivity index (χ4n) is 3.13. The highest BCUT2D eigenvalue weighted by Gasteiger charge is 2.42. The van der Waals surface area contributed by atoms with Crippen molar-refractivity contribution >= 4 is 30.1 Å². The summed E-state index contributed by atoms with van der Waals surface area (Å²) in [6.45, 7) is 7.31. The van der Waals surface area contributed by atoms with Crippen molar-refractivity contribution in [3.8, 4) is 0 Å². The molecule has 1 atom stereocenters. The Morgan fingerprint density at radius 2 is 2.13 bits per heavy atom. The maximum absolute atomic E-state index is 13.2. The number of nitrogens with zero attached hydrogens (tertiary/aromatic N) is 1. The van der Waals surface area contributed by atoms with Gasteiger partial charge in [0, 0.05) is 24.0 Å². The predicted octanol–water partition coefficient (Wildman–Crippen LogP) is 3.82. The van der Waals surface area contributed by atoms with Gasteiger partial charge in [-0.3, -0.25) is 4.79 Å². The maximum Gasteiger partial charge on any atom is 0.255 e. The quantitative estimate of drug-likeness (QED) is 0.788. The summed E-state index contributed by atoms with van der Waals surface area (Å²) >= 11 is 1.76. The summed E-state index contributed by atoms with van der Waals surface area (Å²) in [5, 5.41) is 3.41. The van der Waals surface area contributed by atoms with Gasteiger partial charge in [-0.1, -0.05) is 26.0 Å². The molecule has 3 nitrogen and oxygen atoms in total. The summed E-state index contributed by atoms with van der Waals surface area (Å²) in [6, 6.07) is 8.43. The number of thioether (sulfide) groups is 1. The summed E-state index contributed by atoms with van der Waals surface area (Å²) in [4.78, 5) is 16.5. The van der Waals surface area contributed by atoms with Gasteiger partial charge in [-0.15, -0.1) is 24.2 Å². The topological polar surface area (TPSA) is 32.3 Å². The lowest BCUT2D eigenvalue weighted by Gasteiger charge is -2.32. The van der Waals surface area contributed by atoms with Crippen molar-refractivity contribution in [1.29, 1.82) is 0 Å². The molecular formula is C18H27ClN2OS. The number of benzene rings is 1. The molecule has 0 bridgehead atoms. The SMILES string of the molecule is CCSc1ccccc1C(=O)N(CC1(C)CC1)[C@H]1CCNC1.Cl. The van der Waals surface area contributed by atoms with Crippen LogP contribution in [-0.4, -0.2) is 42.2 Å². The van der Waals surface area contributed by atoms with E-state index in [1.165, 1.54) is 12.8 Å². The third kappa shape index (κ3) is 4.43. The zero-order chi connectivity index (χ0) is 15.6. The zero-order valence-corrected chi connectivity index (χ0v) is 15.6. The number of carbonyl (C=O) groups is 1. The summed E-state index contributed by atoms with van der Waals surface area (Å²) < 4.78 is 0. The Labute approximate surface area is 150 Å². The molecule has 1 saturated carbocycles. The lowest BCUT2D eigenvalue weighted by molar-refractivity contribution is 0.0647. The molecule has 1 amide bonds. The molecule has 0 aromatic heterocycles. The molecule has 0 spiro atoms. The van der Waals surface area contributed by atoms with Gasteiger partial charge in [0.1, 0.15) is 0 Å². The second kappa shape index (κ2) is 7.91. The molecule has 3 rings (SSSR count). The van der Waals surface area contributed by atoms with Crippen LogP contribution in [0.15, 0.2) is 29.2 Å². The van der Waals surface area contributed by atoms with Gasteiger partial charge in [0.25, 0.3) is 5.91 Å². The fourth-order valence-corrected chi connectivity index (χ4v) is 3.93. The Kier molecular flexibility index (Phi) is 6.40. The number of halogens is 1. The average molecular weight is 355 g/mol. The Morgan fingerprint density at radius 1 is 1.39 bits per heavy atom. The highest BCUT2D eigenvalue weighted by atomic mass is 35.5. The molecular weight excluding hydrogens is 328 g/mol. The molecule has 1 aromatic carbocycles. The molecule has 1 heterocycles. The lowest BCUT2D eigenvalue weighted by atomic mass is 10.1. The van der Waals surface area contributed by atoms with Gasteiger partial charge in [0.2, 0.25) is 0 Å². The second-order valence-corrected chi connectivity index (χ2v) is 8.13. The normalized spacial score (nSPS) is 21.6. The smallest absolute Gasteiger partial charge is 0.255 e. The lowest BCUT2D eigenvalue weighted by Crippen LogP contribution is -2.44. The molecule has 1 saturated heterocycles. The van der Waals surface area contributed by atoms with Gasteiger partial charge in [-0.2, -0.15) is 0 Å². The summed E-state index contributed by atoms with van der Waals surface area (Å²) in [6.07, 6.45) is 3.58. The van der Waals surface area contributed by atoms with E-state index in [1.807, 2.05) is 18.2 Å². The standard InChI is InChI=1S/C18H26N2OS.ClH/c1-3-22-16-7-5-4-6-15(16)17(21)20(13-18(2)9-10-18)14-8-11-19-12-14;/h4-7,14,19H,3,8-13H2,1-2H3;1H/t14-;/m0./s1. The van der Waals surface area contributed by atoms with E-state index in [0.717, 1.165) is 42.3 Å². The Balaban J connectivity index is 0.00000192. The minimum atomic E-state index is 0. The Morgan fingerprint density at radius 3 is 2.74 bits per heavy atom. The monoisotopic (exact) mass is 354 g/mol. The first-order valence-corrected chi connectivity index (χ1v) is 9.35. The molecule has 1 N–H and O–H groups in total. The maximum atomic E-state index is 13.2. The highest BCUT2D eigenvalue weighted by Crippen LogP contribution is 2.46. The number of rotatable bonds is 6. The van der Waals surface area contributed by atoms with Crippen LogP contribution in [0.2, 0.25) is 0 Å². The van der Waals surface area contributed by atoms with Crippen LogP contribution in [0.1, 0.15) is 43.5 Å². The van der Waals surface area contributed by atoms with Crippen LogP contribution < -0.4 is 5.32 Å². The molecule has 0 unspecified atom stereocenters. The Hall–Kier alpha value is -0.710. The molecule has 1 aliphatic heterocycles. The molecule has 2 fully saturated rings. The van der Waals surface area contributed by atoms with Crippen LogP contribution in [0.5, 0.6) is 0 Å². The van der Waals surface area contributed by atoms with Crippen molar-refractivity contribution in [2.45, 2.75) is 44.0 Å². The predicted molar refractivity (Wildman–Crippen MR) is 99.7 cm³/mol. The van der Waals surface area contributed by atoms with Crippen LogP contribution >= 0.6 is 24.2 Å². The first-order valence-electron chi connectivity index (χ1n) is 8.36. The van der Waals surface area contributed by atoms with Crippen molar-refractivity contribution in [1.82, 2.24) is 10.2 Å². The fraction of sp³-hybridized carbons (Fsp3) is 0.611. The van der Waals surface area contributed by atoms with Crippen molar-refractivity contribution in [2.75, 3.05) is 25.4 Å². The van der Waals surface area contributed by atoms with E-state index >= 15 is 0 Å². The third-order valence-corrected chi connectivity index (χ3v) is 5.76. The number of carbonyl (C=O) groups excluding carboxylic acids is 1. The molecule has 5 heteroatoms. The second-order valence-electron chi connectivity index (χ2n) is 6.82. The van der Waals surface area contributed by atoms with E-state index in [-0.39, 0.29) is 18.3 Å². The molecule has 1 aliphatic carbocycles. The van der Waals surface area contributed by atoms with E-state index < -0.39 is 0 Å². The van der Waals surface area contributed by atoms with Gasteiger partial charge >= 0.3 is 0 Å². The zero-order valence-electron chi connectivity index (χ0n) is 14.0. The first-order chi connectivity index (χ1) is 10.6. The van der Waals surface area contributed by atoms with Crippen molar-refractivity contribution in [3.05, 3.63) is 29.8 Å². The van der Waals surface area contributed by atoms with Gasteiger partial charge < -0.3 is 10.2 Å². The first kappa shape index (κ1) is 18.6. The van der Waals surface area contributed by atoms with Crippen molar-refractivity contribution in [3.63, 3.8) is 0 Å². The van der Waals surface area contributed by atoms with Crippen LogP contribution in [0.3, 0.4) is 0 Å². The number of hydrogen-bond acceptors (Lipinski definition) is 3. The molecule has 0 radical (unpaired) electrons.